The zero-order chi connectivity index (χ0) is 12.2. The van der Waals surface area contributed by atoms with Crippen molar-refractivity contribution in [2.75, 3.05) is 0 Å². The first kappa shape index (κ1) is 12.2. The zero-order valence-electron chi connectivity index (χ0n) is 11.1. The topological polar surface area (TPSA) is 42.7 Å². The van der Waals surface area contributed by atoms with E-state index in [2.05, 4.69) is 21.8 Å². The van der Waals surface area contributed by atoms with E-state index >= 15 is 0 Å². The normalized spacial score (nSPS) is 21.3. The Hall–Kier alpha value is -0.900. The van der Waals surface area contributed by atoms with Crippen LogP contribution in [0.1, 0.15) is 57.1 Å². The van der Waals surface area contributed by atoms with E-state index in [-0.39, 0.29) is 0 Å². The summed E-state index contributed by atoms with van der Waals surface area (Å²) in [5, 5.41) is 11.9. The molecule has 1 N–H and O–H groups in total. The van der Waals surface area contributed by atoms with Gasteiger partial charge < -0.3 is 5.32 Å². The highest BCUT2D eigenvalue weighted by Gasteiger charge is 2.20. The Morgan fingerprint density at radius 1 is 1.17 bits per heavy atom. The van der Waals surface area contributed by atoms with Crippen LogP contribution in [-0.2, 0) is 13.1 Å². The Morgan fingerprint density at radius 3 is 2.78 bits per heavy atom. The molecule has 2 saturated carbocycles. The Morgan fingerprint density at radius 2 is 2.00 bits per heavy atom. The molecular formula is C14H24N4. The average molecular weight is 248 g/mol. The molecule has 100 valence electrons. The van der Waals surface area contributed by atoms with Crippen molar-refractivity contribution in [3.05, 3.63) is 11.9 Å². The van der Waals surface area contributed by atoms with Crippen LogP contribution in [0.15, 0.2) is 6.20 Å². The first-order valence-corrected chi connectivity index (χ1v) is 7.52. The van der Waals surface area contributed by atoms with Crippen molar-refractivity contribution in [2.45, 2.75) is 70.5 Å². The minimum atomic E-state index is 0.748. The lowest BCUT2D eigenvalue weighted by atomic mass is 9.87. The summed E-state index contributed by atoms with van der Waals surface area (Å²) in [6.07, 6.45) is 13.2. The highest BCUT2D eigenvalue weighted by atomic mass is 15.4. The van der Waals surface area contributed by atoms with Gasteiger partial charge in [-0.05, 0) is 25.2 Å². The number of aryl methyl sites for hydroxylation is 1. The van der Waals surface area contributed by atoms with Crippen molar-refractivity contribution in [2.24, 2.45) is 5.92 Å². The molecule has 0 saturated heterocycles. The standard InChI is InChI=1S/C14H24N4/c1-2-4-12(5-3-1)8-9-18-11-14(16-17-18)10-15-13-6-7-13/h11-13,15H,1-10H2. The van der Waals surface area contributed by atoms with Crippen molar-refractivity contribution in [1.82, 2.24) is 20.3 Å². The molecule has 0 aliphatic heterocycles. The van der Waals surface area contributed by atoms with E-state index in [4.69, 9.17) is 0 Å². The summed E-state index contributed by atoms with van der Waals surface area (Å²) >= 11 is 0. The van der Waals surface area contributed by atoms with Gasteiger partial charge in [-0.15, -0.1) is 5.10 Å². The van der Waals surface area contributed by atoms with Gasteiger partial charge in [0.2, 0.25) is 0 Å². The van der Waals surface area contributed by atoms with Gasteiger partial charge in [0.1, 0.15) is 0 Å². The van der Waals surface area contributed by atoms with Crippen molar-refractivity contribution < 1.29 is 0 Å². The first-order chi connectivity index (χ1) is 8.90. The van der Waals surface area contributed by atoms with E-state index in [1.165, 1.54) is 51.4 Å². The third kappa shape index (κ3) is 3.55. The lowest BCUT2D eigenvalue weighted by molar-refractivity contribution is 0.317. The number of hydrogen-bond acceptors (Lipinski definition) is 3. The Kier molecular flexibility index (Phi) is 3.93. The van der Waals surface area contributed by atoms with Crippen LogP contribution in [0.4, 0.5) is 0 Å². The lowest BCUT2D eigenvalue weighted by Gasteiger charge is -2.20. The van der Waals surface area contributed by atoms with Crippen LogP contribution in [0.2, 0.25) is 0 Å². The van der Waals surface area contributed by atoms with Crippen LogP contribution >= 0.6 is 0 Å². The molecule has 1 heterocycles. The van der Waals surface area contributed by atoms with Crippen LogP contribution in [0.3, 0.4) is 0 Å². The fourth-order valence-corrected chi connectivity index (χ4v) is 2.86. The molecule has 18 heavy (non-hydrogen) atoms. The minimum Gasteiger partial charge on any atom is -0.308 e. The van der Waals surface area contributed by atoms with Gasteiger partial charge in [0.15, 0.2) is 0 Å². The van der Waals surface area contributed by atoms with Gasteiger partial charge in [0.05, 0.1) is 5.69 Å². The molecule has 0 atom stereocenters. The molecule has 0 spiro atoms. The maximum atomic E-state index is 4.23. The van der Waals surface area contributed by atoms with E-state index in [9.17, 15) is 0 Å². The van der Waals surface area contributed by atoms with Gasteiger partial charge in [-0.25, -0.2) is 0 Å². The van der Waals surface area contributed by atoms with Crippen LogP contribution in [0.25, 0.3) is 0 Å². The maximum Gasteiger partial charge on any atom is 0.0964 e. The number of nitrogens with zero attached hydrogens (tertiary/aromatic N) is 3. The third-order valence-corrected chi connectivity index (χ3v) is 4.23. The van der Waals surface area contributed by atoms with Crippen molar-refractivity contribution >= 4 is 0 Å². The Bertz CT molecular complexity index is 364. The van der Waals surface area contributed by atoms with Gasteiger partial charge >= 0.3 is 0 Å². The second kappa shape index (κ2) is 5.83. The predicted molar refractivity (Wildman–Crippen MR) is 71.1 cm³/mol. The smallest absolute Gasteiger partial charge is 0.0964 e. The molecule has 1 aromatic rings. The number of aromatic nitrogens is 3. The third-order valence-electron chi connectivity index (χ3n) is 4.23. The summed E-state index contributed by atoms with van der Waals surface area (Å²) in [6.45, 7) is 1.93. The minimum absolute atomic E-state index is 0.748. The second-order valence-electron chi connectivity index (χ2n) is 5.92. The van der Waals surface area contributed by atoms with E-state index in [0.29, 0.717) is 0 Å². The molecule has 0 aromatic carbocycles. The molecule has 4 heteroatoms. The van der Waals surface area contributed by atoms with Gasteiger partial charge in [0.25, 0.3) is 0 Å². The Labute approximate surface area is 109 Å². The van der Waals surface area contributed by atoms with Gasteiger partial charge in [0, 0.05) is 25.3 Å². The van der Waals surface area contributed by atoms with Gasteiger partial charge in [-0.3, -0.25) is 4.68 Å². The van der Waals surface area contributed by atoms with E-state index in [1.807, 2.05) is 4.68 Å². The average Bonchev–Trinajstić information content (AvgIpc) is 3.14. The highest BCUT2D eigenvalue weighted by Crippen LogP contribution is 2.26. The highest BCUT2D eigenvalue weighted by molar-refractivity contribution is 4.94. The van der Waals surface area contributed by atoms with Crippen LogP contribution in [0, 0.1) is 5.92 Å². The predicted octanol–water partition coefficient (Wildman–Crippen LogP) is 2.50. The fraction of sp³-hybridized carbons (Fsp3) is 0.857. The summed E-state index contributed by atoms with van der Waals surface area (Å²) in [5.74, 6) is 0.927. The molecule has 2 aliphatic rings. The van der Waals surface area contributed by atoms with Crippen LogP contribution in [0.5, 0.6) is 0 Å². The number of nitrogens with one attached hydrogen (secondary N) is 1. The molecule has 0 radical (unpaired) electrons. The summed E-state index contributed by atoms with van der Waals surface area (Å²) in [6, 6.07) is 0.748. The quantitative estimate of drug-likeness (QED) is 0.841. The number of rotatable bonds is 6. The van der Waals surface area contributed by atoms with Crippen molar-refractivity contribution in [1.29, 1.82) is 0 Å². The molecule has 4 nitrogen and oxygen atoms in total. The molecule has 0 bridgehead atoms. The molecule has 2 fully saturated rings. The Balaban J connectivity index is 1.41. The summed E-state index contributed by atoms with van der Waals surface area (Å²) in [4.78, 5) is 0. The zero-order valence-corrected chi connectivity index (χ0v) is 11.1. The van der Waals surface area contributed by atoms with Crippen molar-refractivity contribution in [3.8, 4) is 0 Å². The molecular weight excluding hydrogens is 224 g/mol. The number of hydrogen-bond donors (Lipinski definition) is 1. The monoisotopic (exact) mass is 248 g/mol. The van der Waals surface area contributed by atoms with Gasteiger partial charge in [-0.2, -0.15) is 0 Å². The van der Waals surface area contributed by atoms with Crippen LogP contribution < -0.4 is 5.32 Å². The fourth-order valence-electron chi connectivity index (χ4n) is 2.86. The van der Waals surface area contributed by atoms with E-state index in [0.717, 1.165) is 30.7 Å². The molecule has 2 aliphatic carbocycles. The maximum absolute atomic E-state index is 4.23. The second-order valence-corrected chi connectivity index (χ2v) is 5.92. The van der Waals surface area contributed by atoms with Crippen LogP contribution in [-0.4, -0.2) is 21.0 Å². The summed E-state index contributed by atoms with van der Waals surface area (Å²) < 4.78 is 2.03. The largest absolute Gasteiger partial charge is 0.308 e. The van der Waals surface area contributed by atoms with E-state index < -0.39 is 0 Å². The SMILES string of the molecule is c1c(CNC2CC2)nnn1CCC1CCCCC1. The first-order valence-electron chi connectivity index (χ1n) is 7.52. The molecule has 1 aromatic heterocycles. The van der Waals surface area contributed by atoms with Gasteiger partial charge in [-0.1, -0.05) is 37.3 Å². The lowest BCUT2D eigenvalue weighted by Crippen LogP contribution is -2.15. The summed E-state index contributed by atoms with van der Waals surface area (Å²) in [7, 11) is 0. The van der Waals surface area contributed by atoms with Crippen molar-refractivity contribution in [3.63, 3.8) is 0 Å². The molecule has 0 unspecified atom stereocenters. The molecule has 0 amide bonds. The molecule has 3 rings (SSSR count). The summed E-state index contributed by atoms with van der Waals surface area (Å²) in [5.41, 5.74) is 1.09. The van der Waals surface area contributed by atoms with E-state index in [1.54, 1.807) is 0 Å².